The van der Waals surface area contributed by atoms with Crippen molar-refractivity contribution in [1.29, 1.82) is 0 Å². The second-order valence-corrected chi connectivity index (χ2v) is 5.24. The maximum atomic E-state index is 5.69. The van der Waals surface area contributed by atoms with Gasteiger partial charge in [-0.25, -0.2) is 0 Å². The largest absolute Gasteiger partial charge is 0.501 e. The van der Waals surface area contributed by atoms with Gasteiger partial charge in [-0.15, -0.1) is 0 Å². The molecule has 3 rings (SSSR count). The fraction of sp³-hybridized carbons (Fsp3) is 0.412. The Kier molecular flexibility index (Phi) is 4.07. The van der Waals surface area contributed by atoms with Gasteiger partial charge in [0, 0.05) is 10.9 Å². The van der Waals surface area contributed by atoms with E-state index >= 15 is 0 Å². The summed E-state index contributed by atoms with van der Waals surface area (Å²) in [5.74, 6) is 0. The molecule has 1 unspecified atom stereocenters. The Morgan fingerprint density at radius 2 is 2.20 bits per heavy atom. The van der Waals surface area contributed by atoms with Gasteiger partial charge in [-0.1, -0.05) is 25.1 Å². The average molecular weight is 271 g/mol. The number of hydrogen-bond acceptors (Lipinski definition) is 3. The lowest BCUT2D eigenvalue weighted by Crippen LogP contribution is -2.25. The molecule has 1 aromatic carbocycles. The fourth-order valence-corrected chi connectivity index (χ4v) is 2.75. The summed E-state index contributed by atoms with van der Waals surface area (Å²) >= 11 is 0. The van der Waals surface area contributed by atoms with Gasteiger partial charge in [0.05, 0.1) is 25.2 Å². The molecule has 0 bridgehead atoms. The van der Waals surface area contributed by atoms with Gasteiger partial charge >= 0.3 is 0 Å². The van der Waals surface area contributed by atoms with Crippen LogP contribution in [-0.2, 0) is 4.74 Å². The molecule has 1 aliphatic heterocycles. The Hall–Kier alpha value is -1.74. The van der Waals surface area contributed by atoms with E-state index in [1.165, 1.54) is 16.5 Å². The summed E-state index contributed by atoms with van der Waals surface area (Å²) in [6.45, 7) is 4.00. The zero-order chi connectivity index (χ0) is 13.8. The number of ether oxygens (including phenoxy) is 1. The van der Waals surface area contributed by atoms with Crippen LogP contribution in [0.2, 0.25) is 0 Å². The highest BCUT2D eigenvalue weighted by Gasteiger charge is 2.22. The van der Waals surface area contributed by atoms with E-state index in [2.05, 4.69) is 24.4 Å². The number of para-hydroxylation sites is 1. The molecule has 20 heavy (non-hydrogen) atoms. The molecular weight excluding hydrogens is 250 g/mol. The summed E-state index contributed by atoms with van der Waals surface area (Å²) in [5, 5.41) is 4.81. The average Bonchev–Trinajstić information content (AvgIpc) is 2.93. The summed E-state index contributed by atoms with van der Waals surface area (Å²) in [4.78, 5) is 0. The van der Waals surface area contributed by atoms with Crippen LogP contribution in [0, 0.1) is 0 Å². The summed E-state index contributed by atoms with van der Waals surface area (Å²) in [7, 11) is 0. The molecule has 2 aromatic rings. The number of rotatable bonds is 5. The normalized spacial score (nSPS) is 16.8. The van der Waals surface area contributed by atoms with Crippen molar-refractivity contribution in [3.63, 3.8) is 0 Å². The minimum Gasteiger partial charge on any atom is -0.501 e. The van der Waals surface area contributed by atoms with E-state index < -0.39 is 0 Å². The third-order valence-corrected chi connectivity index (χ3v) is 3.75. The number of furan rings is 1. The van der Waals surface area contributed by atoms with E-state index in [0.29, 0.717) is 0 Å². The molecule has 3 heteroatoms. The van der Waals surface area contributed by atoms with Crippen LogP contribution in [0.4, 0.5) is 0 Å². The highest BCUT2D eigenvalue weighted by atomic mass is 16.5. The molecule has 1 aliphatic rings. The summed E-state index contributed by atoms with van der Waals surface area (Å²) < 4.78 is 11.2. The first-order valence-electron chi connectivity index (χ1n) is 7.40. The highest BCUT2D eigenvalue weighted by molar-refractivity contribution is 5.81. The van der Waals surface area contributed by atoms with Crippen LogP contribution < -0.4 is 5.32 Å². The van der Waals surface area contributed by atoms with E-state index in [1.807, 2.05) is 24.7 Å². The van der Waals surface area contributed by atoms with Crippen LogP contribution in [0.1, 0.15) is 37.8 Å². The molecule has 0 saturated carbocycles. The molecule has 2 heterocycles. The molecule has 0 spiro atoms. The molecule has 0 fully saturated rings. The van der Waals surface area contributed by atoms with Crippen LogP contribution in [0.3, 0.4) is 0 Å². The zero-order valence-corrected chi connectivity index (χ0v) is 11.9. The molecular formula is C17H21NO2. The molecule has 106 valence electrons. The van der Waals surface area contributed by atoms with Crippen LogP contribution in [-0.4, -0.2) is 13.2 Å². The van der Waals surface area contributed by atoms with E-state index in [0.717, 1.165) is 38.0 Å². The van der Waals surface area contributed by atoms with Crippen molar-refractivity contribution in [2.75, 3.05) is 13.2 Å². The first-order valence-corrected chi connectivity index (χ1v) is 7.40. The molecule has 0 amide bonds. The van der Waals surface area contributed by atoms with Crippen LogP contribution >= 0.6 is 0 Å². The van der Waals surface area contributed by atoms with E-state index in [1.54, 1.807) is 0 Å². The summed E-state index contributed by atoms with van der Waals surface area (Å²) in [6, 6.07) is 8.40. The SMILES string of the molecule is CCCNC(C1=COCCC1)c1coc2ccccc12. The van der Waals surface area contributed by atoms with E-state index in [4.69, 9.17) is 9.15 Å². The van der Waals surface area contributed by atoms with Crippen molar-refractivity contribution in [1.82, 2.24) is 5.32 Å². The van der Waals surface area contributed by atoms with Gasteiger partial charge < -0.3 is 14.5 Å². The second-order valence-electron chi connectivity index (χ2n) is 5.24. The first kappa shape index (κ1) is 13.3. The van der Waals surface area contributed by atoms with Crippen molar-refractivity contribution < 1.29 is 9.15 Å². The molecule has 0 radical (unpaired) electrons. The number of benzene rings is 1. The van der Waals surface area contributed by atoms with Crippen molar-refractivity contribution in [2.24, 2.45) is 0 Å². The lowest BCUT2D eigenvalue weighted by molar-refractivity contribution is 0.219. The fourth-order valence-electron chi connectivity index (χ4n) is 2.75. The third-order valence-electron chi connectivity index (χ3n) is 3.75. The van der Waals surface area contributed by atoms with Crippen molar-refractivity contribution in [2.45, 2.75) is 32.2 Å². The predicted octanol–water partition coefficient (Wildman–Crippen LogP) is 4.17. The Balaban J connectivity index is 1.97. The second kappa shape index (κ2) is 6.14. The number of fused-ring (bicyclic) bond motifs is 1. The standard InChI is InChI=1S/C17H21NO2/c1-2-9-18-17(13-6-5-10-19-11-13)15-12-20-16-8-4-3-7-14(15)16/h3-4,7-8,11-12,17-18H,2,5-6,9-10H2,1H3. The Morgan fingerprint density at radius 1 is 1.30 bits per heavy atom. The van der Waals surface area contributed by atoms with Gasteiger partial charge in [0.2, 0.25) is 0 Å². The van der Waals surface area contributed by atoms with Gasteiger partial charge in [-0.2, -0.15) is 0 Å². The molecule has 1 atom stereocenters. The van der Waals surface area contributed by atoms with Gasteiger partial charge in [0.15, 0.2) is 0 Å². The topological polar surface area (TPSA) is 34.4 Å². The summed E-state index contributed by atoms with van der Waals surface area (Å²) in [6.07, 6.45) is 7.10. The molecule has 1 aromatic heterocycles. The van der Waals surface area contributed by atoms with Crippen molar-refractivity contribution in [3.05, 3.63) is 47.9 Å². The third kappa shape index (κ3) is 2.59. The van der Waals surface area contributed by atoms with Crippen molar-refractivity contribution in [3.8, 4) is 0 Å². The molecule has 0 saturated heterocycles. The van der Waals surface area contributed by atoms with Crippen molar-refractivity contribution >= 4 is 11.0 Å². The Labute approximate surface area is 119 Å². The summed E-state index contributed by atoms with van der Waals surface area (Å²) in [5.41, 5.74) is 3.48. The minimum atomic E-state index is 0.193. The highest BCUT2D eigenvalue weighted by Crippen LogP contribution is 2.33. The Morgan fingerprint density at radius 3 is 3.00 bits per heavy atom. The Bertz CT molecular complexity index is 600. The van der Waals surface area contributed by atoms with Crippen LogP contribution in [0.15, 0.2) is 46.8 Å². The van der Waals surface area contributed by atoms with Gasteiger partial charge in [0.1, 0.15) is 5.58 Å². The van der Waals surface area contributed by atoms with E-state index in [-0.39, 0.29) is 6.04 Å². The lowest BCUT2D eigenvalue weighted by Gasteiger charge is -2.23. The monoisotopic (exact) mass is 271 g/mol. The molecule has 3 nitrogen and oxygen atoms in total. The zero-order valence-electron chi connectivity index (χ0n) is 11.9. The number of hydrogen-bond donors (Lipinski definition) is 1. The van der Waals surface area contributed by atoms with Gasteiger partial charge in [0.25, 0.3) is 0 Å². The maximum Gasteiger partial charge on any atom is 0.134 e. The van der Waals surface area contributed by atoms with Crippen LogP contribution in [0.25, 0.3) is 11.0 Å². The predicted molar refractivity (Wildman–Crippen MR) is 80.5 cm³/mol. The molecule has 0 aliphatic carbocycles. The minimum absolute atomic E-state index is 0.193. The number of nitrogens with one attached hydrogen (secondary N) is 1. The lowest BCUT2D eigenvalue weighted by atomic mass is 9.95. The van der Waals surface area contributed by atoms with E-state index in [9.17, 15) is 0 Å². The first-order chi connectivity index (χ1) is 9.90. The molecule has 1 N–H and O–H groups in total. The van der Waals surface area contributed by atoms with Crippen LogP contribution in [0.5, 0.6) is 0 Å². The maximum absolute atomic E-state index is 5.69. The van der Waals surface area contributed by atoms with Gasteiger partial charge in [-0.05, 0) is 37.4 Å². The quantitative estimate of drug-likeness (QED) is 0.886. The smallest absolute Gasteiger partial charge is 0.134 e. The van der Waals surface area contributed by atoms with Gasteiger partial charge in [-0.3, -0.25) is 0 Å².